The van der Waals surface area contributed by atoms with E-state index in [0.29, 0.717) is 23.9 Å². The van der Waals surface area contributed by atoms with Crippen molar-refractivity contribution in [2.45, 2.75) is 38.1 Å². The molecule has 1 atom stereocenters. The Bertz CT molecular complexity index is 978. The molecule has 0 spiro atoms. The Kier molecular flexibility index (Phi) is 7.05. The van der Waals surface area contributed by atoms with Crippen LogP contribution in [0.5, 0.6) is 0 Å². The maximum absolute atomic E-state index is 13.1. The number of benzene rings is 2. The standard InChI is InChI=1S/C25H29ClN4O/c26-21-12-8-17(9-13-21)14-22(30-25(31)20-10-6-18(15-27)7-11-20)24-28-16-23(29-24)19-4-2-1-3-5-19/h1-5,8-9,12-13,16,18,20,22H,6-7,10-11,14-15,27H2,(H,28,29)(H,30,31)/t18-,20-,22-/m0/s1. The molecule has 162 valence electrons. The molecule has 0 aliphatic heterocycles. The smallest absolute Gasteiger partial charge is 0.223 e. The largest absolute Gasteiger partial charge is 0.346 e. The number of rotatable bonds is 7. The van der Waals surface area contributed by atoms with E-state index in [2.05, 4.69) is 10.3 Å². The van der Waals surface area contributed by atoms with Gasteiger partial charge in [0.1, 0.15) is 5.82 Å². The van der Waals surface area contributed by atoms with Crippen LogP contribution in [0.15, 0.2) is 60.8 Å². The lowest BCUT2D eigenvalue weighted by molar-refractivity contribution is -0.127. The van der Waals surface area contributed by atoms with Gasteiger partial charge >= 0.3 is 0 Å². The molecule has 1 aromatic heterocycles. The molecule has 5 nitrogen and oxygen atoms in total. The van der Waals surface area contributed by atoms with Gasteiger partial charge in [-0.3, -0.25) is 4.79 Å². The lowest BCUT2D eigenvalue weighted by atomic mass is 9.81. The Hall–Kier alpha value is -2.63. The number of hydrogen-bond donors (Lipinski definition) is 3. The molecule has 1 amide bonds. The number of halogens is 1. The van der Waals surface area contributed by atoms with Crippen molar-refractivity contribution in [1.29, 1.82) is 0 Å². The number of H-pyrrole nitrogens is 1. The van der Waals surface area contributed by atoms with E-state index < -0.39 is 0 Å². The third kappa shape index (κ3) is 5.54. The number of nitrogens with zero attached hydrogens (tertiary/aromatic N) is 1. The number of nitrogens with two attached hydrogens (primary N) is 1. The molecule has 1 aliphatic rings. The van der Waals surface area contributed by atoms with Crippen molar-refractivity contribution in [2.75, 3.05) is 6.54 Å². The molecular weight excluding hydrogens is 408 g/mol. The van der Waals surface area contributed by atoms with Gasteiger partial charge in [-0.05, 0) is 62.3 Å². The van der Waals surface area contributed by atoms with Gasteiger partial charge in [0.25, 0.3) is 0 Å². The molecule has 3 aromatic rings. The molecule has 4 N–H and O–H groups in total. The van der Waals surface area contributed by atoms with E-state index in [1.54, 1.807) is 0 Å². The van der Waals surface area contributed by atoms with Crippen LogP contribution < -0.4 is 11.1 Å². The van der Waals surface area contributed by atoms with E-state index in [-0.39, 0.29) is 17.9 Å². The van der Waals surface area contributed by atoms with E-state index in [1.807, 2.05) is 60.8 Å². The first-order valence-electron chi connectivity index (χ1n) is 11.0. The van der Waals surface area contributed by atoms with Crippen LogP contribution in [0, 0.1) is 11.8 Å². The topological polar surface area (TPSA) is 83.8 Å². The van der Waals surface area contributed by atoms with E-state index in [9.17, 15) is 4.79 Å². The second-order valence-electron chi connectivity index (χ2n) is 8.38. The molecule has 0 bridgehead atoms. The predicted molar refractivity (Wildman–Crippen MR) is 125 cm³/mol. The van der Waals surface area contributed by atoms with Crippen LogP contribution in [0.2, 0.25) is 5.02 Å². The quantitative estimate of drug-likeness (QED) is 0.492. The number of carbonyl (C=O) groups excluding carboxylic acids is 1. The van der Waals surface area contributed by atoms with Gasteiger partial charge in [0.05, 0.1) is 11.7 Å². The van der Waals surface area contributed by atoms with Crippen LogP contribution in [0.3, 0.4) is 0 Å². The lowest BCUT2D eigenvalue weighted by Crippen LogP contribution is -2.37. The first-order chi connectivity index (χ1) is 15.1. The highest BCUT2D eigenvalue weighted by Gasteiger charge is 2.28. The summed E-state index contributed by atoms with van der Waals surface area (Å²) in [6.45, 7) is 0.711. The summed E-state index contributed by atoms with van der Waals surface area (Å²) >= 11 is 6.05. The first-order valence-corrected chi connectivity index (χ1v) is 11.4. The number of aromatic amines is 1. The summed E-state index contributed by atoms with van der Waals surface area (Å²) in [6.07, 6.45) is 6.38. The molecule has 2 aromatic carbocycles. The van der Waals surface area contributed by atoms with E-state index >= 15 is 0 Å². The molecule has 0 unspecified atom stereocenters. The van der Waals surface area contributed by atoms with Crippen molar-refractivity contribution in [3.63, 3.8) is 0 Å². The molecule has 6 heteroatoms. The molecule has 31 heavy (non-hydrogen) atoms. The van der Waals surface area contributed by atoms with Crippen molar-refractivity contribution in [2.24, 2.45) is 17.6 Å². The number of amides is 1. The SMILES string of the molecule is NC[C@H]1CC[C@H](C(=O)N[C@@H](Cc2ccc(Cl)cc2)c2nc(-c3ccccc3)c[nH]2)CC1. The lowest BCUT2D eigenvalue weighted by Gasteiger charge is -2.28. The summed E-state index contributed by atoms with van der Waals surface area (Å²) in [7, 11) is 0. The Morgan fingerprint density at radius 1 is 1.10 bits per heavy atom. The number of imidazole rings is 1. The molecule has 0 saturated heterocycles. The number of nitrogens with one attached hydrogen (secondary N) is 2. The van der Waals surface area contributed by atoms with Gasteiger partial charge in [0.15, 0.2) is 0 Å². The Morgan fingerprint density at radius 2 is 1.81 bits per heavy atom. The normalized spacial score (nSPS) is 19.7. The highest BCUT2D eigenvalue weighted by molar-refractivity contribution is 6.30. The molecule has 4 rings (SSSR count). The van der Waals surface area contributed by atoms with E-state index in [1.165, 1.54) is 0 Å². The fourth-order valence-corrected chi connectivity index (χ4v) is 4.42. The van der Waals surface area contributed by atoms with Crippen LogP contribution in [-0.4, -0.2) is 22.4 Å². The third-order valence-corrected chi connectivity index (χ3v) is 6.47. The van der Waals surface area contributed by atoms with Crippen LogP contribution in [-0.2, 0) is 11.2 Å². The van der Waals surface area contributed by atoms with Gasteiger partial charge in [0, 0.05) is 22.7 Å². The zero-order valence-corrected chi connectivity index (χ0v) is 18.3. The average Bonchev–Trinajstić information content (AvgIpc) is 3.31. The number of hydrogen-bond acceptors (Lipinski definition) is 3. The first kappa shape index (κ1) is 21.6. The summed E-state index contributed by atoms with van der Waals surface area (Å²) in [6, 6.07) is 17.5. The fraction of sp³-hybridized carbons (Fsp3) is 0.360. The van der Waals surface area contributed by atoms with E-state index in [0.717, 1.165) is 48.3 Å². The summed E-state index contributed by atoms with van der Waals surface area (Å²) in [5, 5.41) is 3.97. The molecular formula is C25H29ClN4O. The minimum absolute atomic E-state index is 0.0408. The van der Waals surface area contributed by atoms with Crippen LogP contribution >= 0.6 is 11.6 Å². The molecule has 1 aliphatic carbocycles. The van der Waals surface area contributed by atoms with Gasteiger partial charge in [-0.25, -0.2) is 4.98 Å². The van der Waals surface area contributed by atoms with Crippen molar-refractivity contribution >= 4 is 17.5 Å². The minimum Gasteiger partial charge on any atom is -0.346 e. The summed E-state index contributed by atoms with van der Waals surface area (Å²) in [5.41, 5.74) is 8.82. The molecule has 1 saturated carbocycles. The average molecular weight is 437 g/mol. The fourth-order valence-electron chi connectivity index (χ4n) is 4.29. The highest BCUT2D eigenvalue weighted by Crippen LogP contribution is 2.29. The Labute approximate surface area is 188 Å². The van der Waals surface area contributed by atoms with Gasteiger partial charge in [-0.1, -0.05) is 54.1 Å². The monoisotopic (exact) mass is 436 g/mol. The van der Waals surface area contributed by atoms with Crippen LogP contribution in [0.4, 0.5) is 0 Å². The molecule has 1 fully saturated rings. The van der Waals surface area contributed by atoms with Crippen LogP contribution in [0.25, 0.3) is 11.3 Å². The van der Waals surface area contributed by atoms with Crippen molar-refractivity contribution in [1.82, 2.24) is 15.3 Å². The predicted octanol–water partition coefficient (Wildman–Crippen LogP) is 4.90. The summed E-state index contributed by atoms with van der Waals surface area (Å²) in [5.74, 6) is 1.45. The van der Waals surface area contributed by atoms with Gasteiger partial charge in [-0.15, -0.1) is 0 Å². The molecule has 0 radical (unpaired) electrons. The minimum atomic E-state index is -0.238. The second kappa shape index (κ2) is 10.1. The maximum Gasteiger partial charge on any atom is 0.223 e. The van der Waals surface area contributed by atoms with Crippen molar-refractivity contribution in [3.8, 4) is 11.3 Å². The number of carbonyl (C=O) groups is 1. The van der Waals surface area contributed by atoms with Gasteiger partial charge < -0.3 is 16.0 Å². The zero-order valence-electron chi connectivity index (χ0n) is 17.6. The summed E-state index contributed by atoms with van der Waals surface area (Å²) < 4.78 is 0. The summed E-state index contributed by atoms with van der Waals surface area (Å²) in [4.78, 5) is 21.2. The van der Waals surface area contributed by atoms with Crippen molar-refractivity contribution < 1.29 is 4.79 Å². The zero-order chi connectivity index (χ0) is 21.6. The van der Waals surface area contributed by atoms with Gasteiger partial charge in [-0.2, -0.15) is 0 Å². The molecule has 1 heterocycles. The second-order valence-corrected chi connectivity index (χ2v) is 8.82. The Balaban J connectivity index is 1.52. The maximum atomic E-state index is 13.1. The van der Waals surface area contributed by atoms with Gasteiger partial charge in [0.2, 0.25) is 5.91 Å². The Morgan fingerprint density at radius 3 is 2.48 bits per heavy atom. The number of aromatic nitrogens is 2. The van der Waals surface area contributed by atoms with E-state index in [4.69, 9.17) is 22.3 Å². The van der Waals surface area contributed by atoms with Crippen molar-refractivity contribution in [3.05, 3.63) is 77.2 Å². The highest BCUT2D eigenvalue weighted by atomic mass is 35.5. The third-order valence-electron chi connectivity index (χ3n) is 6.22. The van der Waals surface area contributed by atoms with Crippen LogP contribution in [0.1, 0.15) is 43.1 Å².